The maximum atomic E-state index is 11.7. The van der Waals surface area contributed by atoms with E-state index in [2.05, 4.69) is 22.5 Å². The van der Waals surface area contributed by atoms with Crippen molar-refractivity contribution >= 4 is 23.6 Å². The van der Waals surface area contributed by atoms with E-state index >= 15 is 0 Å². The second-order valence-corrected chi connectivity index (χ2v) is 9.43. The Labute approximate surface area is 206 Å². The summed E-state index contributed by atoms with van der Waals surface area (Å²) in [5.74, 6) is 7.44. The minimum atomic E-state index is -1.09. The van der Waals surface area contributed by atoms with E-state index in [1.165, 1.54) is 37.4 Å². The molecule has 35 heavy (non-hydrogen) atoms. The molecule has 1 aromatic heterocycles. The minimum Gasteiger partial charge on any atom is -0.496 e. The van der Waals surface area contributed by atoms with Crippen molar-refractivity contribution in [3.8, 4) is 5.75 Å². The van der Waals surface area contributed by atoms with Gasteiger partial charge in [0.05, 0.1) is 12.8 Å². The maximum Gasteiger partial charge on any atom is 0.339 e. The van der Waals surface area contributed by atoms with Crippen LogP contribution in [0.1, 0.15) is 86.8 Å². The fourth-order valence-corrected chi connectivity index (χ4v) is 5.11. The highest BCUT2D eigenvalue weighted by molar-refractivity contribution is 5.92. The predicted molar refractivity (Wildman–Crippen MR) is 135 cm³/mol. The van der Waals surface area contributed by atoms with Gasteiger partial charge in [-0.2, -0.15) is 15.0 Å². The lowest BCUT2D eigenvalue weighted by atomic mass is 9.99. The van der Waals surface area contributed by atoms with Crippen molar-refractivity contribution in [3.05, 3.63) is 29.6 Å². The number of aromatic carboxylic acids is 1. The van der Waals surface area contributed by atoms with Crippen molar-refractivity contribution in [1.82, 2.24) is 20.3 Å². The van der Waals surface area contributed by atoms with Crippen LogP contribution in [-0.4, -0.2) is 51.8 Å². The largest absolute Gasteiger partial charge is 0.496 e. The third-order valence-corrected chi connectivity index (χ3v) is 7.11. The van der Waals surface area contributed by atoms with Gasteiger partial charge in [0.2, 0.25) is 11.9 Å². The molecule has 1 saturated carbocycles. The van der Waals surface area contributed by atoms with Gasteiger partial charge >= 0.3 is 5.97 Å². The van der Waals surface area contributed by atoms with Crippen molar-refractivity contribution in [1.29, 1.82) is 0 Å². The smallest absolute Gasteiger partial charge is 0.339 e. The molecule has 1 saturated heterocycles. The van der Waals surface area contributed by atoms with Gasteiger partial charge in [0.15, 0.2) is 0 Å². The van der Waals surface area contributed by atoms with E-state index in [9.17, 15) is 9.90 Å². The average Bonchev–Trinajstić information content (AvgIpc) is 3.27. The molecule has 2 aliphatic rings. The van der Waals surface area contributed by atoms with E-state index in [1.807, 2.05) is 0 Å². The Balaban J connectivity index is 1.69. The Morgan fingerprint density at radius 2 is 1.97 bits per heavy atom. The van der Waals surface area contributed by atoms with Gasteiger partial charge in [-0.15, -0.1) is 0 Å². The van der Waals surface area contributed by atoms with Crippen LogP contribution in [0, 0.1) is 0 Å². The van der Waals surface area contributed by atoms with Gasteiger partial charge in [-0.3, -0.25) is 0 Å². The number of carboxylic acids is 1. The number of ether oxygens (including phenoxy) is 1. The first-order valence-corrected chi connectivity index (χ1v) is 12.7. The number of methoxy groups -OCH3 is 1. The summed E-state index contributed by atoms with van der Waals surface area (Å²) in [6, 6.07) is 5.33. The van der Waals surface area contributed by atoms with Gasteiger partial charge in [-0.1, -0.05) is 32.6 Å². The lowest BCUT2D eigenvalue weighted by Crippen LogP contribution is -2.40. The van der Waals surface area contributed by atoms with Gasteiger partial charge in [-0.05, 0) is 56.8 Å². The number of nitrogens with one attached hydrogen (secondary N) is 2. The number of aromatic nitrogens is 3. The first kappa shape index (κ1) is 25.1. The Hall–Kier alpha value is -2.98. The van der Waals surface area contributed by atoms with Crippen LogP contribution in [0.4, 0.5) is 17.6 Å². The second-order valence-electron chi connectivity index (χ2n) is 9.43. The van der Waals surface area contributed by atoms with Crippen LogP contribution in [0.3, 0.4) is 0 Å². The van der Waals surface area contributed by atoms with Crippen molar-refractivity contribution in [2.75, 3.05) is 24.0 Å². The molecule has 2 heterocycles. The molecular formula is C25H37N7O3. The molecule has 4 rings (SSSR count). The zero-order valence-electron chi connectivity index (χ0n) is 20.7. The minimum absolute atomic E-state index is 0.0233. The molecule has 190 valence electrons. The Morgan fingerprint density at radius 1 is 1.20 bits per heavy atom. The van der Waals surface area contributed by atoms with E-state index in [4.69, 9.17) is 20.5 Å². The highest BCUT2D eigenvalue weighted by Gasteiger charge is 2.26. The van der Waals surface area contributed by atoms with Crippen molar-refractivity contribution in [2.24, 2.45) is 5.84 Å². The molecule has 2 unspecified atom stereocenters. The summed E-state index contributed by atoms with van der Waals surface area (Å²) < 4.78 is 5.18. The summed E-state index contributed by atoms with van der Waals surface area (Å²) in [6.07, 6.45) is 10.1. The number of nitrogens with two attached hydrogens (primary N) is 1. The van der Waals surface area contributed by atoms with Crippen LogP contribution < -0.4 is 26.2 Å². The Kier molecular flexibility index (Phi) is 8.35. The summed E-state index contributed by atoms with van der Waals surface area (Å²) in [6.45, 7) is 3.19. The van der Waals surface area contributed by atoms with Crippen molar-refractivity contribution in [3.63, 3.8) is 0 Å². The first-order chi connectivity index (χ1) is 17.0. The summed E-state index contributed by atoms with van der Waals surface area (Å²) in [5.41, 5.74) is 0.479. The summed E-state index contributed by atoms with van der Waals surface area (Å²) >= 11 is 0. The SMILES string of the molecule is CCC(Nc1nc(C2CCCCCC2)nc(N(N)c2ccc(OC)c(C(=O)O)c2)n1)C1CCCN1. The number of rotatable bonds is 9. The first-order valence-electron chi connectivity index (χ1n) is 12.7. The molecule has 1 aliphatic carbocycles. The number of anilines is 3. The fraction of sp³-hybridized carbons (Fsp3) is 0.600. The highest BCUT2D eigenvalue weighted by atomic mass is 16.5. The van der Waals surface area contributed by atoms with Crippen LogP contribution in [0.2, 0.25) is 0 Å². The lowest BCUT2D eigenvalue weighted by Gasteiger charge is -2.25. The highest BCUT2D eigenvalue weighted by Crippen LogP contribution is 2.32. The van der Waals surface area contributed by atoms with Crippen LogP contribution >= 0.6 is 0 Å². The predicted octanol–water partition coefficient (Wildman–Crippen LogP) is 3.97. The normalized spacial score (nSPS) is 19.7. The molecule has 0 radical (unpaired) electrons. The average molecular weight is 484 g/mol. The van der Waals surface area contributed by atoms with Gasteiger partial charge in [0, 0.05) is 18.0 Å². The number of benzene rings is 1. The number of hydrogen-bond donors (Lipinski definition) is 4. The fourth-order valence-electron chi connectivity index (χ4n) is 5.11. The monoisotopic (exact) mass is 483 g/mol. The van der Waals surface area contributed by atoms with Gasteiger partial charge in [0.1, 0.15) is 17.1 Å². The molecular weight excluding hydrogens is 446 g/mol. The molecule has 2 atom stereocenters. The molecule has 0 bridgehead atoms. The molecule has 0 amide bonds. The van der Waals surface area contributed by atoms with Gasteiger partial charge < -0.3 is 20.5 Å². The van der Waals surface area contributed by atoms with E-state index in [0.29, 0.717) is 17.7 Å². The van der Waals surface area contributed by atoms with E-state index in [-0.39, 0.29) is 29.2 Å². The van der Waals surface area contributed by atoms with Crippen LogP contribution in [0.5, 0.6) is 5.75 Å². The quantitative estimate of drug-likeness (QED) is 0.235. The number of nitrogens with zero attached hydrogens (tertiary/aromatic N) is 4. The summed E-state index contributed by atoms with van der Waals surface area (Å²) in [7, 11) is 1.44. The molecule has 0 spiro atoms. The van der Waals surface area contributed by atoms with Gasteiger partial charge in [-0.25, -0.2) is 15.6 Å². The topological polar surface area (TPSA) is 139 Å². The number of carbonyl (C=O) groups is 1. The maximum absolute atomic E-state index is 11.7. The molecule has 2 aromatic rings. The zero-order valence-corrected chi connectivity index (χ0v) is 20.7. The van der Waals surface area contributed by atoms with Crippen molar-refractivity contribution < 1.29 is 14.6 Å². The third-order valence-electron chi connectivity index (χ3n) is 7.11. The van der Waals surface area contributed by atoms with E-state index in [1.54, 1.807) is 12.1 Å². The molecule has 5 N–H and O–H groups in total. The van der Waals surface area contributed by atoms with E-state index < -0.39 is 5.97 Å². The summed E-state index contributed by atoms with van der Waals surface area (Å²) in [4.78, 5) is 26.0. The zero-order chi connectivity index (χ0) is 24.8. The molecule has 1 aromatic carbocycles. The van der Waals surface area contributed by atoms with Crippen LogP contribution in [0.15, 0.2) is 18.2 Å². The van der Waals surface area contributed by atoms with E-state index in [0.717, 1.165) is 50.9 Å². The Bertz CT molecular complexity index is 1000. The van der Waals surface area contributed by atoms with Crippen LogP contribution in [-0.2, 0) is 0 Å². The number of hydrogen-bond acceptors (Lipinski definition) is 9. The molecule has 10 heteroatoms. The van der Waals surface area contributed by atoms with Gasteiger partial charge in [0.25, 0.3) is 0 Å². The Morgan fingerprint density at radius 3 is 2.60 bits per heavy atom. The lowest BCUT2D eigenvalue weighted by molar-refractivity contribution is 0.0693. The molecule has 1 aliphatic heterocycles. The van der Waals surface area contributed by atoms with Crippen LogP contribution in [0.25, 0.3) is 0 Å². The standard InChI is InChI=1S/C25H37N7O3/c1-3-19(20-11-8-14-27-20)28-24-29-22(16-9-6-4-5-7-10-16)30-25(31-24)32(26)17-12-13-21(35-2)18(15-17)23(33)34/h12-13,15-16,19-20,27H,3-11,14,26H2,1-2H3,(H,33,34)(H,28,29,30,31). The second kappa shape index (κ2) is 11.6. The third kappa shape index (κ3) is 5.99. The molecule has 10 nitrogen and oxygen atoms in total. The molecule has 2 fully saturated rings. The summed E-state index contributed by atoms with van der Waals surface area (Å²) in [5, 5.41) is 18.0. The number of carboxylic acid groups (broad SMARTS) is 1. The van der Waals surface area contributed by atoms with Crippen molar-refractivity contribution in [2.45, 2.75) is 82.7 Å². The number of hydrazine groups is 1.